The fraction of sp³-hybridized carbons (Fsp3) is 1.00. The van der Waals surface area contributed by atoms with Gasteiger partial charge in [0.25, 0.3) is 0 Å². The molecule has 0 aromatic carbocycles. The molecule has 0 aromatic heterocycles. The van der Waals surface area contributed by atoms with E-state index in [1.54, 1.807) is 0 Å². The summed E-state index contributed by atoms with van der Waals surface area (Å²) in [6.07, 6.45) is 1.83. The topological polar surface area (TPSA) is 55.4 Å². The second-order valence-corrected chi connectivity index (χ2v) is 6.22. The Kier molecular flexibility index (Phi) is 5.32. The Morgan fingerprint density at radius 2 is 2.07 bits per heavy atom. The number of sulfonamides is 1. The van der Waals surface area contributed by atoms with Crippen molar-refractivity contribution in [2.45, 2.75) is 37.5 Å². The highest BCUT2D eigenvalue weighted by molar-refractivity contribution is 7.90. The van der Waals surface area contributed by atoms with Gasteiger partial charge in [0.1, 0.15) is 0 Å². The lowest BCUT2D eigenvalue weighted by atomic mass is 10.2. The smallest absolute Gasteiger partial charge is 0.214 e. The highest BCUT2D eigenvalue weighted by Gasteiger charge is 2.28. The zero-order valence-corrected chi connectivity index (χ0v) is 10.5. The van der Waals surface area contributed by atoms with Gasteiger partial charge in [-0.25, -0.2) is 13.1 Å². The van der Waals surface area contributed by atoms with E-state index in [0.29, 0.717) is 38.4 Å². The van der Waals surface area contributed by atoms with Crippen LogP contribution in [0.2, 0.25) is 0 Å². The van der Waals surface area contributed by atoms with Crippen LogP contribution in [0.5, 0.6) is 0 Å². The first-order chi connectivity index (χ1) is 7.06. The minimum absolute atomic E-state index is 0.0876. The highest BCUT2D eigenvalue weighted by Crippen LogP contribution is 2.15. The molecular weight excluding hydrogens is 238 g/mol. The third-order valence-electron chi connectivity index (χ3n) is 2.51. The second-order valence-electron chi connectivity index (χ2n) is 3.85. The number of rotatable bonds is 5. The minimum atomic E-state index is -3.19. The molecule has 0 bridgehead atoms. The molecule has 1 atom stereocenters. The fourth-order valence-electron chi connectivity index (χ4n) is 1.59. The van der Waals surface area contributed by atoms with Crippen molar-refractivity contribution in [3.05, 3.63) is 0 Å². The van der Waals surface area contributed by atoms with Crippen molar-refractivity contribution >= 4 is 21.6 Å². The van der Waals surface area contributed by atoms with E-state index in [9.17, 15) is 8.42 Å². The normalized spacial score (nSPS) is 21.5. The molecule has 0 amide bonds. The predicted octanol–water partition coefficient (Wildman–Crippen LogP) is 1.10. The van der Waals surface area contributed by atoms with Gasteiger partial charge >= 0.3 is 0 Å². The van der Waals surface area contributed by atoms with Gasteiger partial charge in [-0.3, -0.25) is 0 Å². The molecule has 0 aliphatic carbocycles. The maximum Gasteiger partial charge on any atom is 0.214 e. The molecule has 1 aliphatic heterocycles. The number of hydrogen-bond acceptors (Lipinski definition) is 3. The lowest BCUT2D eigenvalue weighted by Crippen LogP contribution is -2.42. The van der Waals surface area contributed by atoms with E-state index >= 15 is 0 Å². The van der Waals surface area contributed by atoms with Gasteiger partial charge in [0.05, 0.1) is 5.25 Å². The number of alkyl halides is 1. The summed E-state index contributed by atoms with van der Waals surface area (Å²) < 4.78 is 31.5. The van der Waals surface area contributed by atoms with Crippen molar-refractivity contribution in [2.75, 3.05) is 19.1 Å². The van der Waals surface area contributed by atoms with E-state index < -0.39 is 10.0 Å². The van der Waals surface area contributed by atoms with Crippen LogP contribution < -0.4 is 4.72 Å². The molecule has 0 spiro atoms. The molecule has 0 radical (unpaired) electrons. The first kappa shape index (κ1) is 13.2. The molecule has 1 fully saturated rings. The number of halogens is 1. The maximum atomic E-state index is 11.9. The standard InChI is InChI=1S/C9H18ClNO3S/c1-8(2-5-10)11-15(12,13)9-3-6-14-7-4-9/h8-9,11H,2-7H2,1H3. The van der Waals surface area contributed by atoms with E-state index in [4.69, 9.17) is 16.3 Å². The molecule has 4 nitrogen and oxygen atoms in total. The van der Waals surface area contributed by atoms with Crippen molar-refractivity contribution in [1.82, 2.24) is 4.72 Å². The molecule has 0 saturated carbocycles. The molecule has 0 aromatic rings. The summed E-state index contributed by atoms with van der Waals surface area (Å²) in [4.78, 5) is 0. The maximum absolute atomic E-state index is 11.9. The Morgan fingerprint density at radius 1 is 1.47 bits per heavy atom. The van der Waals surface area contributed by atoms with Crippen LogP contribution in [0.15, 0.2) is 0 Å². The largest absolute Gasteiger partial charge is 0.381 e. The van der Waals surface area contributed by atoms with Gasteiger partial charge in [-0.05, 0) is 26.2 Å². The molecule has 1 heterocycles. The number of ether oxygens (including phenoxy) is 1. The van der Waals surface area contributed by atoms with E-state index in [1.807, 2.05) is 6.92 Å². The highest BCUT2D eigenvalue weighted by atomic mass is 35.5. The van der Waals surface area contributed by atoms with E-state index in [0.717, 1.165) is 0 Å². The van der Waals surface area contributed by atoms with Gasteiger partial charge in [-0.2, -0.15) is 0 Å². The third-order valence-corrected chi connectivity index (χ3v) is 4.81. The van der Waals surface area contributed by atoms with Gasteiger partial charge in [-0.1, -0.05) is 0 Å². The summed E-state index contributed by atoms with van der Waals surface area (Å²) >= 11 is 5.56. The van der Waals surface area contributed by atoms with Crippen LogP contribution in [0.1, 0.15) is 26.2 Å². The van der Waals surface area contributed by atoms with Crippen LogP contribution in [-0.2, 0) is 14.8 Å². The monoisotopic (exact) mass is 255 g/mol. The van der Waals surface area contributed by atoms with Crippen molar-refractivity contribution in [3.63, 3.8) is 0 Å². The SMILES string of the molecule is CC(CCCl)NS(=O)(=O)C1CCOCC1. The molecule has 1 rings (SSSR count). The Balaban J connectivity index is 2.49. The zero-order chi connectivity index (χ0) is 11.3. The molecule has 1 saturated heterocycles. The van der Waals surface area contributed by atoms with E-state index in [-0.39, 0.29) is 11.3 Å². The minimum Gasteiger partial charge on any atom is -0.381 e. The Hall–Kier alpha value is 0.160. The van der Waals surface area contributed by atoms with Crippen LogP contribution in [0.4, 0.5) is 0 Å². The molecule has 90 valence electrons. The average Bonchev–Trinajstić information content (AvgIpc) is 2.18. The van der Waals surface area contributed by atoms with Crippen molar-refractivity contribution in [2.24, 2.45) is 0 Å². The van der Waals surface area contributed by atoms with Gasteiger partial charge in [0.2, 0.25) is 10.0 Å². The summed E-state index contributed by atoms with van der Waals surface area (Å²) in [6, 6.07) is -0.0876. The average molecular weight is 256 g/mol. The van der Waals surface area contributed by atoms with E-state index in [2.05, 4.69) is 4.72 Å². The Morgan fingerprint density at radius 3 is 2.60 bits per heavy atom. The Bertz CT molecular complexity index is 275. The predicted molar refractivity (Wildman–Crippen MR) is 60.7 cm³/mol. The van der Waals surface area contributed by atoms with Gasteiger partial charge in [0, 0.05) is 25.1 Å². The van der Waals surface area contributed by atoms with Crippen LogP contribution >= 0.6 is 11.6 Å². The molecule has 1 aliphatic rings. The van der Waals surface area contributed by atoms with Crippen LogP contribution in [0.3, 0.4) is 0 Å². The molecule has 1 N–H and O–H groups in total. The number of nitrogens with one attached hydrogen (secondary N) is 1. The van der Waals surface area contributed by atoms with Crippen molar-refractivity contribution < 1.29 is 13.2 Å². The molecule has 1 unspecified atom stereocenters. The fourth-order valence-corrected chi connectivity index (χ4v) is 3.60. The summed E-state index contributed by atoms with van der Waals surface area (Å²) in [6.45, 7) is 2.91. The van der Waals surface area contributed by atoms with Crippen molar-refractivity contribution in [3.8, 4) is 0 Å². The molecule has 15 heavy (non-hydrogen) atoms. The van der Waals surface area contributed by atoms with Gasteiger partial charge in [0.15, 0.2) is 0 Å². The zero-order valence-electron chi connectivity index (χ0n) is 8.91. The first-order valence-electron chi connectivity index (χ1n) is 5.21. The van der Waals surface area contributed by atoms with Crippen LogP contribution in [0, 0.1) is 0 Å². The lowest BCUT2D eigenvalue weighted by Gasteiger charge is -2.24. The quantitative estimate of drug-likeness (QED) is 0.749. The molecular formula is C9H18ClNO3S. The summed E-state index contributed by atoms with van der Waals surface area (Å²) in [5.41, 5.74) is 0. The van der Waals surface area contributed by atoms with Crippen LogP contribution in [-0.4, -0.2) is 38.8 Å². The summed E-state index contributed by atoms with van der Waals surface area (Å²) in [7, 11) is -3.19. The Labute approximate surface area is 96.4 Å². The lowest BCUT2D eigenvalue weighted by molar-refractivity contribution is 0.0981. The third kappa shape index (κ3) is 4.26. The van der Waals surface area contributed by atoms with Gasteiger partial charge in [-0.15, -0.1) is 11.6 Å². The first-order valence-corrected chi connectivity index (χ1v) is 7.29. The molecule has 6 heteroatoms. The summed E-state index contributed by atoms with van der Waals surface area (Å²) in [5.74, 6) is 0.470. The van der Waals surface area contributed by atoms with E-state index in [1.165, 1.54) is 0 Å². The second kappa shape index (κ2) is 6.03. The van der Waals surface area contributed by atoms with Gasteiger partial charge < -0.3 is 4.74 Å². The summed E-state index contributed by atoms with van der Waals surface area (Å²) in [5, 5.41) is -0.302. The van der Waals surface area contributed by atoms with Crippen LogP contribution in [0.25, 0.3) is 0 Å². The van der Waals surface area contributed by atoms with Crippen molar-refractivity contribution in [1.29, 1.82) is 0 Å². The number of hydrogen-bond donors (Lipinski definition) is 1.